The summed E-state index contributed by atoms with van der Waals surface area (Å²) in [5, 5.41) is 3.58. The van der Waals surface area contributed by atoms with Gasteiger partial charge in [0.2, 0.25) is 0 Å². The Bertz CT molecular complexity index is 817. The highest BCUT2D eigenvalue weighted by atomic mass is 16.5. The van der Waals surface area contributed by atoms with E-state index in [0.717, 1.165) is 58.0 Å². The molecule has 3 aliphatic heterocycles. The first-order chi connectivity index (χ1) is 13.8. The fraction of sp³-hybridized carbons (Fsp3) is 0.478. The van der Waals surface area contributed by atoms with E-state index >= 15 is 0 Å². The summed E-state index contributed by atoms with van der Waals surface area (Å²) in [5.74, 6) is 0.915. The van der Waals surface area contributed by atoms with Crippen LogP contribution in [0.2, 0.25) is 0 Å². The lowest BCUT2D eigenvalue weighted by molar-refractivity contribution is 0.0683. The summed E-state index contributed by atoms with van der Waals surface area (Å²) >= 11 is 0. The van der Waals surface area contributed by atoms with Gasteiger partial charge in [-0.25, -0.2) is 0 Å². The average Bonchev–Trinajstić information content (AvgIpc) is 3.33. The van der Waals surface area contributed by atoms with Crippen molar-refractivity contribution in [2.75, 3.05) is 63.2 Å². The minimum Gasteiger partial charge on any atom is -0.497 e. The van der Waals surface area contributed by atoms with Crippen LogP contribution in [-0.2, 0) is 10.2 Å². The van der Waals surface area contributed by atoms with E-state index in [2.05, 4.69) is 51.5 Å². The fourth-order valence-electron chi connectivity index (χ4n) is 4.99. The Hall–Kier alpha value is -2.24. The number of piperazine rings is 1. The van der Waals surface area contributed by atoms with Gasteiger partial charge in [-0.3, -0.25) is 4.90 Å². The molecular formula is C23H29N3O2. The minimum atomic E-state index is 0.173. The summed E-state index contributed by atoms with van der Waals surface area (Å²) in [7, 11) is 1.71. The van der Waals surface area contributed by atoms with Gasteiger partial charge in [0.25, 0.3) is 0 Å². The zero-order chi connectivity index (χ0) is 19.0. The number of hydrogen-bond acceptors (Lipinski definition) is 5. The number of ether oxygens (including phenoxy) is 2. The van der Waals surface area contributed by atoms with Crippen molar-refractivity contribution >= 4 is 11.4 Å². The molecule has 2 aromatic rings. The predicted octanol–water partition coefficient (Wildman–Crippen LogP) is 2.97. The molecule has 2 aromatic carbocycles. The summed E-state index contributed by atoms with van der Waals surface area (Å²) in [6.45, 7) is 7.20. The van der Waals surface area contributed by atoms with Crippen LogP contribution >= 0.6 is 0 Å². The summed E-state index contributed by atoms with van der Waals surface area (Å²) in [4.78, 5) is 5.03. The summed E-state index contributed by atoms with van der Waals surface area (Å²) in [6.07, 6.45) is 1.45. The van der Waals surface area contributed by atoms with E-state index in [1.54, 1.807) is 7.11 Å². The number of nitrogens with one attached hydrogen (secondary N) is 1. The SMILES string of the molecule is COc1ccc(N2CCN(CC3CC4(CNc5ccccc54)CO3)CC2)cc1. The lowest BCUT2D eigenvalue weighted by Crippen LogP contribution is -2.48. The van der Waals surface area contributed by atoms with Gasteiger partial charge in [-0.15, -0.1) is 0 Å². The van der Waals surface area contributed by atoms with Gasteiger partial charge in [-0.05, 0) is 42.3 Å². The van der Waals surface area contributed by atoms with Gasteiger partial charge >= 0.3 is 0 Å². The van der Waals surface area contributed by atoms with E-state index in [9.17, 15) is 0 Å². The Morgan fingerprint density at radius 1 is 1.07 bits per heavy atom. The Morgan fingerprint density at radius 2 is 1.86 bits per heavy atom. The maximum Gasteiger partial charge on any atom is 0.119 e. The van der Waals surface area contributed by atoms with E-state index in [0.29, 0.717) is 6.10 Å². The largest absolute Gasteiger partial charge is 0.497 e. The Kier molecular flexibility index (Phi) is 4.65. The van der Waals surface area contributed by atoms with Crippen molar-refractivity contribution in [3.63, 3.8) is 0 Å². The number of anilines is 2. The van der Waals surface area contributed by atoms with Crippen LogP contribution in [0.3, 0.4) is 0 Å². The molecule has 148 valence electrons. The molecule has 28 heavy (non-hydrogen) atoms. The van der Waals surface area contributed by atoms with Crippen molar-refractivity contribution in [2.24, 2.45) is 0 Å². The van der Waals surface area contributed by atoms with Gasteiger partial charge in [0.1, 0.15) is 5.75 Å². The van der Waals surface area contributed by atoms with E-state index in [-0.39, 0.29) is 5.41 Å². The molecule has 0 bridgehead atoms. The molecule has 3 heterocycles. The van der Waals surface area contributed by atoms with Crippen LogP contribution in [0.25, 0.3) is 0 Å². The second-order valence-electron chi connectivity index (χ2n) is 8.30. The number of hydrogen-bond donors (Lipinski definition) is 1. The zero-order valence-electron chi connectivity index (χ0n) is 16.6. The molecule has 2 saturated heterocycles. The van der Waals surface area contributed by atoms with E-state index in [4.69, 9.17) is 9.47 Å². The lowest BCUT2D eigenvalue weighted by atomic mass is 9.80. The highest BCUT2D eigenvalue weighted by Gasteiger charge is 2.46. The molecule has 2 fully saturated rings. The molecule has 0 saturated carbocycles. The van der Waals surface area contributed by atoms with Crippen LogP contribution in [0.1, 0.15) is 12.0 Å². The number of para-hydroxylation sites is 1. The molecule has 0 aliphatic carbocycles. The summed E-state index contributed by atoms with van der Waals surface area (Å²) in [6, 6.07) is 17.1. The highest BCUT2D eigenvalue weighted by molar-refractivity contribution is 5.60. The third-order valence-electron chi connectivity index (χ3n) is 6.60. The lowest BCUT2D eigenvalue weighted by Gasteiger charge is -2.37. The van der Waals surface area contributed by atoms with Crippen LogP contribution in [0.5, 0.6) is 5.75 Å². The van der Waals surface area contributed by atoms with Crippen molar-refractivity contribution in [3.8, 4) is 5.75 Å². The van der Waals surface area contributed by atoms with Crippen molar-refractivity contribution in [1.82, 2.24) is 4.90 Å². The standard InChI is InChI=1S/C23H29N3O2/c1-27-19-8-6-18(7-9-19)26-12-10-25(11-13-26)15-20-14-23(17-28-20)16-24-22-5-3-2-4-21(22)23/h2-9,20,24H,10-17H2,1H3. The Balaban J connectivity index is 1.16. The fourth-order valence-corrected chi connectivity index (χ4v) is 4.99. The van der Waals surface area contributed by atoms with Crippen LogP contribution in [0.4, 0.5) is 11.4 Å². The second-order valence-corrected chi connectivity index (χ2v) is 8.30. The minimum absolute atomic E-state index is 0.173. The van der Waals surface area contributed by atoms with E-state index in [1.165, 1.54) is 16.9 Å². The van der Waals surface area contributed by atoms with Crippen molar-refractivity contribution in [3.05, 3.63) is 54.1 Å². The Morgan fingerprint density at radius 3 is 2.64 bits per heavy atom. The van der Waals surface area contributed by atoms with Crippen molar-refractivity contribution in [1.29, 1.82) is 0 Å². The normalized spacial score (nSPS) is 27.0. The van der Waals surface area contributed by atoms with Gasteiger partial charge in [0.05, 0.1) is 19.8 Å². The third kappa shape index (κ3) is 3.23. The Labute approximate surface area is 167 Å². The van der Waals surface area contributed by atoms with Crippen molar-refractivity contribution in [2.45, 2.75) is 17.9 Å². The molecule has 0 aromatic heterocycles. The number of rotatable bonds is 4. The quantitative estimate of drug-likeness (QED) is 0.884. The van der Waals surface area contributed by atoms with Crippen LogP contribution in [0.15, 0.2) is 48.5 Å². The highest BCUT2D eigenvalue weighted by Crippen LogP contribution is 2.44. The van der Waals surface area contributed by atoms with Crippen LogP contribution in [-0.4, -0.2) is 64.0 Å². The number of benzene rings is 2. The first-order valence-electron chi connectivity index (χ1n) is 10.3. The van der Waals surface area contributed by atoms with E-state index < -0.39 is 0 Å². The molecule has 2 atom stereocenters. The molecule has 5 rings (SSSR count). The predicted molar refractivity (Wildman–Crippen MR) is 113 cm³/mol. The monoisotopic (exact) mass is 379 g/mol. The number of methoxy groups -OCH3 is 1. The van der Waals surface area contributed by atoms with Gasteiger partial charge in [-0.1, -0.05) is 18.2 Å². The molecule has 1 spiro atoms. The van der Waals surface area contributed by atoms with Crippen molar-refractivity contribution < 1.29 is 9.47 Å². The van der Waals surface area contributed by atoms with Gasteiger partial charge in [-0.2, -0.15) is 0 Å². The molecule has 5 heteroatoms. The summed E-state index contributed by atoms with van der Waals surface area (Å²) in [5.41, 5.74) is 4.19. The summed E-state index contributed by atoms with van der Waals surface area (Å²) < 4.78 is 11.5. The number of nitrogens with zero attached hydrogens (tertiary/aromatic N) is 2. The van der Waals surface area contributed by atoms with E-state index in [1.807, 2.05) is 12.1 Å². The van der Waals surface area contributed by atoms with Crippen LogP contribution < -0.4 is 15.0 Å². The molecule has 5 nitrogen and oxygen atoms in total. The van der Waals surface area contributed by atoms with Gasteiger partial charge < -0.3 is 19.7 Å². The average molecular weight is 380 g/mol. The molecule has 1 N–H and O–H groups in total. The topological polar surface area (TPSA) is 37.0 Å². The van der Waals surface area contributed by atoms with Crippen LogP contribution in [0, 0.1) is 0 Å². The molecule has 0 amide bonds. The first kappa shape index (κ1) is 17.8. The maximum atomic E-state index is 6.28. The first-order valence-corrected chi connectivity index (χ1v) is 10.3. The maximum absolute atomic E-state index is 6.28. The van der Waals surface area contributed by atoms with Gasteiger partial charge in [0.15, 0.2) is 0 Å². The smallest absolute Gasteiger partial charge is 0.119 e. The second kappa shape index (κ2) is 7.30. The molecule has 0 radical (unpaired) electrons. The molecular weight excluding hydrogens is 350 g/mol. The molecule has 3 aliphatic rings. The van der Waals surface area contributed by atoms with Gasteiger partial charge in [0, 0.05) is 56.1 Å². The zero-order valence-corrected chi connectivity index (χ0v) is 16.6. The number of fused-ring (bicyclic) bond motifs is 2. The third-order valence-corrected chi connectivity index (χ3v) is 6.60. The molecule has 2 unspecified atom stereocenters.